The van der Waals surface area contributed by atoms with Crippen LogP contribution in [0.15, 0.2) is 79.1 Å². The molecule has 1 N–H and O–H groups in total. The number of rotatable bonds is 4. The maximum atomic E-state index is 13.4. The van der Waals surface area contributed by atoms with Gasteiger partial charge in [0.15, 0.2) is 0 Å². The molecule has 1 fully saturated rings. The van der Waals surface area contributed by atoms with Crippen LogP contribution in [0.25, 0.3) is 11.1 Å². The van der Waals surface area contributed by atoms with Gasteiger partial charge in [-0.2, -0.15) is 0 Å². The van der Waals surface area contributed by atoms with Crippen LogP contribution in [-0.2, 0) is 5.54 Å². The zero-order valence-electron chi connectivity index (χ0n) is 16.1. The maximum Gasteiger partial charge on any atom is 0.252 e. The summed E-state index contributed by atoms with van der Waals surface area (Å²) < 4.78 is 0. The molecule has 142 valence electrons. The fourth-order valence-corrected chi connectivity index (χ4v) is 4.18. The number of nitrogens with zero attached hydrogens (tertiary/aromatic N) is 2. The van der Waals surface area contributed by atoms with Gasteiger partial charge in [0.1, 0.15) is 0 Å². The summed E-state index contributed by atoms with van der Waals surface area (Å²) in [5.74, 6) is -0.0430. The van der Waals surface area contributed by atoms with Crippen molar-refractivity contribution >= 4 is 5.91 Å². The van der Waals surface area contributed by atoms with Gasteiger partial charge in [0.25, 0.3) is 5.91 Å². The van der Waals surface area contributed by atoms with Crippen LogP contribution in [0, 0.1) is 0 Å². The molecule has 1 aliphatic rings. The van der Waals surface area contributed by atoms with E-state index in [0.29, 0.717) is 5.56 Å². The molecule has 4 nitrogen and oxygen atoms in total. The molecule has 0 saturated carbocycles. The van der Waals surface area contributed by atoms with Crippen molar-refractivity contribution in [2.75, 3.05) is 20.1 Å². The number of likely N-dealkylation sites (N-methyl/N-ethyl adjacent to an activating group) is 1. The molecule has 4 rings (SSSR count). The summed E-state index contributed by atoms with van der Waals surface area (Å²) in [6, 6.07) is 22.0. The monoisotopic (exact) mass is 371 g/mol. The first-order valence-corrected chi connectivity index (χ1v) is 9.74. The lowest BCUT2D eigenvalue weighted by Crippen LogP contribution is -2.55. The molecule has 4 heteroatoms. The van der Waals surface area contributed by atoms with E-state index in [0.717, 1.165) is 42.6 Å². The second-order valence-corrected chi connectivity index (χ2v) is 7.53. The first-order valence-electron chi connectivity index (χ1n) is 9.74. The number of hydrogen-bond acceptors (Lipinski definition) is 3. The van der Waals surface area contributed by atoms with Gasteiger partial charge in [0.05, 0.1) is 5.54 Å². The van der Waals surface area contributed by atoms with E-state index < -0.39 is 0 Å². The summed E-state index contributed by atoms with van der Waals surface area (Å²) in [5, 5.41) is 3.40. The zero-order valence-corrected chi connectivity index (χ0v) is 16.1. The number of likely N-dealkylation sites (tertiary alicyclic amines) is 1. The van der Waals surface area contributed by atoms with Crippen LogP contribution in [0.5, 0.6) is 0 Å². The van der Waals surface area contributed by atoms with Gasteiger partial charge in [-0.15, -0.1) is 0 Å². The molecule has 2 heterocycles. The summed E-state index contributed by atoms with van der Waals surface area (Å²) in [6.07, 6.45) is 5.53. The third kappa shape index (κ3) is 3.69. The van der Waals surface area contributed by atoms with Crippen molar-refractivity contribution in [1.29, 1.82) is 0 Å². The summed E-state index contributed by atoms with van der Waals surface area (Å²) in [4.78, 5) is 19.9. The van der Waals surface area contributed by atoms with Crippen LogP contribution < -0.4 is 5.32 Å². The molecule has 28 heavy (non-hydrogen) atoms. The minimum atomic E-state index is -0.382. The molecule has 1 amide bonds. The van der Waals surface area contributed by atoms with E-state index >= 15 is 0 Å². The molecule has 1 atom stereocenters. The van der Waals surface area contributed by atoms with E-state index in [-0.39, 0.29) is 11.4 Å². The predicted octanol–water partition coefficient (Wildman–Crippen LogP) is 4.10. The number of pyridine rings is 1. The number of benzene rings is 2. The van der Waals surface area contributed by atoms with Crippen molar-refractivity contribution in [3.63, 3.8) is 0 Å². The van der Waals surface area contributed by atoms with Gasteiger partial charge in [-0.25, -0.2) is 0 Å². The van der Waals surface area contributed by atoms with Crippen LogP contribution in [0.3, 0.4) is 0 Å². The number of piperidine rings is 1. The molecular formula is C24H25N3O. The van der Waals surface area contributed by atoms with Gasteiger partial charge in [0, 0.05) is 30.1 Å². The minimum absolute atomic E-state index is 0.0430. The van der Waals surface area contributed by atoms with Gasteiger partial charge in [-0.05, 0) is 49.7 Å². The van der Waals surface area contributed by atoms with Crippen LogP contribution in [-0.4, -0.2) is 35.9 Å². The Morgan fingerprint density at radius 3 is 2.57 bits per heavy atom. The first kappa shape index (κ1) is 18.4. The Hall–Kier alpha value is -2.98. The Balaban J connectivity index is 1.70. The molecule has 3 aromatic rings. The second-order valence-electron chi connectivity index (χ2n) is 7.53. The van der Waals surface area contributed by atoms with E-state index in [4.69, 9.17) is 0 Å². The Bertz CT molecular complexity index is 942. The largest absolute Gasteiger partial charge is 0.341 e. The molecule has 1 saturated heterocycles. The number of nitrogens with one attached hydrogen (secondary N) is 1. The van der Waals surface area contributed by atoms with Gasteiger partial charge >= 0.3 is 0 Å². The van der Waals surface area contributed by atoms with Gasteiger partial charge in [-0.1, -0.05) is 54.6 Å². The molecule has 0 aliphatic carbocycles. The summed E-state index contributed by atoms with van der Waals surface area (Å²) in [7, 11) is 2.12. The first-order chi connectivity index (χ1) is 13.7. The number of carbonyl (C=O) groups excluding carboxylic acids is 1. The van der Waals surface area contributed by atoms with E-state index in [1.54, 1.807) is 12.4 Å². The number of amides is 1. The fraction of sp³-hybridized carbons (Fsp3) is 0.250. The molecule has 1 aliphatic heterocycles. The zero-order chi connectivity index (χ0) is 19.4. The van der Waals surface area contributed by atoms with Gasteiger partial charge in [0.2, 0.25) is 0 Å². The highest BCUT2D eigenvalue weighted by Crippen LogP contribution is 2.32. The van der Waals surface area contributed by atoms with Crippen LogP contribution in [0.2, 0.25) is 0 Å². The summed E-state index contributed by atoms with van der Waals surface area (Å²) in [6.45, 7) is 1.86. The van der Waals surface area contributed by atoms with E-state index in [9.17, 15) is 4.79 Å². The topological polar surface area (TPSA) is 45.2 Å². The van der Waals surface area contributed by atoms with Crippen molar-refractivity contribution < 1.29 is 4.79 Å². The van der Waals surface area contributed by atoms with Gasteiger partial charge in [-0.3, -0.25) is 9.78 Å². The lowest BCUT2D eigenvalue weighted by molar-refractivity contribution is 0.0808. The smallest absolute Gasteiger partial charge is 0.252 e. The molecule has 0 radical (unpaired) electrons. The SMILES string of the molecule is CN1CCCC(NC(=O)c2ccccc2-c2cccnc2)(c2ccccc2)C1. The quantitative estimate of drug-likeness (QED) is 0.751. The number of hydrogen-bond donors (Lipinski definition) is 1. The Kier molecular flexibility index (Phi) is 5.22. The van der Waals surface area contributed by atoms with Crippen molar-refractivity contribution in [2.45, 2.75) is 18.4 Å². The average molecular weight is 371 g/mol. The maximum absolute atomic E-state index is 13.4. The van der Waals surface area contributed by atoms with Crippen molar-refractivity contribution in [1.82, 2.24) is 15.2 Å². The van der Waals surface area contributed by atoms with Crippen molar-refractivity contribution in [3.05, 3.63) is 90.3 Å². The molecule has 0 spiro atoms. The summed E-state index contributed by atoms with van der Waals surface area (Å²) in [5.41, 5.74) is 3.31. The van der Waals surface area contributed by atoms with Crippen molar-refractivity contribution in [2.24, 2.45) is 0 Å². The predicted molar refractivity (Wildman–Crippen MR) is 112 cm³/mol. The third-order valence-corrected chi connectivity index (χ3v) is 5.51. The van der Waals surface area contributed by atoms with Gasteiger partial charge < -0.3 is 10.2 Å². The van der Waals surface area contributed by atoms with Crippen LogP contribution >= 0.6 is 0 Å². The highest BCUT2D eigenvalue weighted by molar-refractivity contribution is 6.01. The normalized spacial score (nSPS) is 19.9. The molecule has 0 bridgehead atoms. The fourth-order valence-electron chi connectivity index (χ4n) is 4.18. The number of aromatic nitrogens is 1. The molecule has 1 aromatic heterocycles. The van der Waals surface area contributed by atoms with E-state index in [1.807, 2.05) is 54.6 Å². The Morgan fingerprint density at radius 1 is 1.04 bits per heavy atom. The summed E-state index contributed by atoms with van der Waals surface area (Å²) >= 11 is 0. The van der Waals surface area contributed by atoms with Crippen LogP contribution in [0.1, 0.15) is 28.8 Å². The highest BCUT2D eigenvalue weighted by atomic mass is 16.1. The molecule has 2 aromatic carbocycles. The Labute approximate surface area is 166 Å². The van der Waals surface area contributed by atoms with E-state index in [2.05, 4.69) is 34.4 Å². The highest BCUT2D eigenvalue weighted by Gasteiger charge is 2.37. The standard InChI is InChI=1S/C24H25N3O/c1-27-16-8-14-24(18-27,20-10-3-2-4-11-20)26-23(28)22-13-6-5-12-21(22)19-9-7-15-25-17-19/h2-7,9-13,15,17H,8,14,16,18H2,1H3,(H,26,28). The second kappa shape index (κ2) is 7.95. The number of carbonyl (C=O) groups is 1. The molecular weight excluding hydrogens is 346 g/mol. The van der Waals surface area contributed by atoms with E-state index in [1.165, 1.54) is 0 Å². The minimum Gasteiger partial charge on any atom is -0.341 e. The third-order valence-electron chi connectivity index (χ3n) is 5.51. The lowest BCUT2D eigenvalue weighted by Gasteiger charge is -2.42. The average Bonchev–Trinajstić information content (AvgIpc) is 2.75. The lowest BCUT2D eigenvalue weighted by atomic mass is 9.82. The Morgan fingerprint density at radius 2 is 1.82 bits per heavy atom. The van der Waals surface area contributed by atoms with Crippen molar-refractivity contribution in [3.8, 4) is 11.1 Å². The molecule has 1 unspecified atom stereocenters. The van der Waals surface area contributed by atoms with Crippen LogP contribution in [0.4, 0.5) is 0 Å².